The van der Waals surface area contributed by atoms with Crippen LogP contribution >= 0.6 is 0 Å². The predicted molar refractivity (Wildman–Crippen MR) is 53.2 cm³/mol. The van der Waals surface area contributed by atoms with Gasteiger partial charge in [-0.25, -0.2) is 0 Å². The van der Waals surface area contributed by atoms with Crippen molar-refractivity contribution < 1.29 is 4.79 Å². The number of rotatable bonds is 6. The quantitative estimate of drug-likeness (QED) is 0.597. The minimum atomic E-state index is 0.327. The molecule has 1 heteroatoms. The van der Waals surface area contributed by atoms with Crippen molar-refractivity contribution in [3.05, 3.63) is 0 Å². The maximum atomic E-state index is 10.8. The maximum absolute atomic E-state index is 10.8. The topological polar surface area (TPSA) is 17.1 Å². The highest BCUT2D eigenvalue weighted by Gasteiger charge is 2.10. The number of carbonyl (C=O) groups excluding carboxylic acids is 1. The molecule has 0 aliphatic carbocycles. The molecule has 0 aromatic rings. The molecule has 72 valence electrons. The van der Waals surface area contributed by atoms with Gasteiger partial charge in [-0.3, -0.25) is 0 Å². The molecule has 0 saturated heterocycles. The van der Waals surface area contributed by atoms with E-state index in [9.17, 15) is 4.79 Å². The smallest absolute Gasteiger partial charge is 0.130 e. The third-order valence-corrected chi connectivity index (χ3v) is 2.53. The van der Waals surface area contributed by atoms with Crippen molar-refractivity contribution in [2.45, 2.75) is 53.4 Å². The number of hydrogen-bond acceptors (Lipinski definition) is 1. The van der Waals surface area contributed by atoms with Gasteiger partial charge < -0.3 is 4.79 Å². The van der Waals surface area contributed by atoms with E-state index in [0.717, 1.165) is 12.3 Å². The molecule has 0 saturated carbocycles. The monoisotopic (exact) mass is 170 g/mol. The molecule has 0 aromatic carbocycles. The third kappa shape index (κ3) is 5.34. The average Bonchev–Trinajstić information content (AvgIpc) is 1.98. The summed E-state index contributed by atoms with van der Waals surface area (Å²) in [7, 11) is 0. The first-order chi connectivity index (χ1) is 5.60. The molecule has 0 aliphatic rings. The number of hydrogen-bond donors (Lipinski definition) is 0. The van der Waals surface area contributed by atoms with Crippen molar-refractivity contribution in [2.75, 3.05) is 0 Å². The lowest BCUT2D eigenvalue weighted by molar-refractivity contribution is -0.117. The van der Waals surface area contributed by atoms with Crippen LogP contribution in [0.25, 0.3) is 0 Å². The Morgan fingerprint density at radius 3 is 2.08 bits per heavy atom. The van der Waals surface area contributed by atoms with Gasteiger partial charge >= 0.3 is 0 Å². The SMILES string of the molecule is CCC(CC)CC(C)CC(C)=O. The zero-order valence-electron chi connectivity index (χ0n) is 8.89. The van der Waals surface area contributed by atoms with Crippen LogP contribution in [-0.2, 0) is 4.79 Å². The summed E-state index contributed by atoms with van der Waals surface area (Å²) in [5.41, 5.74) is 0. The van der Waals surface area contributed by atoms with Crippen molar-refractivity contribution in [1.29, 1.82) is 0 Å². The Balaban J connectivity index is 3.65. The molecule has 1 unspecified atom stereocenters. The van der Waals surface area contributed by atoms with Crippen molar-refractivity contribution >= 4 is 5.78 Å². The average molecular weight is 170 g/mol. The summed E-state index contributed by atoms with van der Waals surface area (Å²) >= 11 is 0. The molecule has 0 rings (SSSR count). The molecule has 0 spiro atoms. The Bertz CT molecular complexity index is 125. The van der Waals surface area contributed by atoms with Crippen LogP contribution in [0.2, 0.25) is 0 Å². The van der Waals surface area contributed by atoms with Crippen molar-refractivity contribution in [3.63, 3.8) is 0 Å². The molecule has 0 amide bonds. The summed E-state index contributed by atoms with van der Waals surface area (Å²) in [5.74, 6) is 1.72. The second kappa shape index (κ2) is 6.22. The van der Waals surface area contributed by atoms with Gasteiger partial charge in [-0.1, -0.05) is 33.6 Å². The summed E-state index contributed by atoms with van der Waals surface area (Å²) in [5, 5.41) is 0. The zero-order valence-corrected chi connectivity index (χ0v) is 8.89. The third-order valence-electron chi connectivity index (χ3n) is 2.53. The van der Waals surface area contributed by atoms with Crippen molar-refractivity contribution in [3.8, 4) is 0 Å². The second-order valence-electron chi connectivity index (χ2n) is 3.93. The lowest BCUT2D eigenvalue weighted by Gasteiger charge is -2.16. The Labute approximate surface area is 76.6 Å². The Morgan fingerprint density at radius 1 is 1.25 bits per heavy atom. The van der Waals surface area contributed by atoms with Crippen LogP contribution in [0.5, 0.6) is 0 Å². The van der Waals surface area contributed by atoms with Gasteiger partial charge in [0.15, 0.2) is 0 Å². The second-order valence-corrected chi connectivity index (χ2v) is 3.93. The van der Waals surface area contributed by atoms with E-state index in [1.54, 1.807) is 6.92 Å². The highest BCUT2D eigenvalue weighted by atomic mass is 16.1. The van der Waals surface area contributed by atoms with E-state index in [4.69, 9.17) is 0 Å². The van der Waals surface area contributed by atoms with E-state index in [1.807, 2.05) is 0 Å². The van der Waals surface area contributed by atoms with E-state index in [2.05, 4.69) is 20.8 Å². The van der Waals surface area contributed by atoms with Gasteiger partial charge in [0.2, 0.25) is 0 Å². The van der Waals surface area contributed by atoms with Gasteiger partial charge in [0.25, 0.3) is 0 Å². The highest BCUT2D eigenvalue weighted by molar-refractivity contribution is 5.75. The number of Topliss-reactive ketones (excluding diaryl/α,β-unsaturated/α-hetero) is 1. The minimum Gasteiger partial charge on any atom is -0.300 e. The number of carbonyl (C=O) groups is 1. The summed E-state index contributed by atoms with van der Waals surface area (Å²) in [6.07, 6.45) is 4.47. The van der Waals surface area contributed by atoms with Crippen LogP contribution in [-0.4, -0.2) is 5.78 Å². The van der Waals surface area contributed by atoms with Crippen LogP contribution in [0.15, 0.2) is 0 Å². The molecular formula is C11H22O. The maximum Gasteiger partial charge on any atom is 0.130 e. The first-order valence-electron chi connectivity index (χ1n) is 5.09. The molecule has 12 heavy (non-hydrogen) atoms. The predicted octanol–water partition coefficient (Wildman–Crippen LogP) is 3.43. The van der Waals surface area contributed by atoms with E-state index < -0.39 is 0 Å². The molecule has 1 atom stereocenters. The fourth-order valence-electron chi connectivity index (χ4n) is 1.77. The Kier molecular flexibility index (Phi) is 6.04. The molecule has 0 N–H and O–H groups in total. The first kappa shape index (κ1) is 11.7. The molecule has 0 radical (unpaired) electrons. The van der Waals surface area contributed by atoms with Crippen LogP contribution in [0.3, 0.4) is 0 Å². The molecule has 0 aromatic heterocycles. The lowest BCUT2D eigenvalue weighted by Crippen LogP contribution is -2.08. The van der Waals surface area contributed by atoms with Crippen LogP contribution in [0.1, 0.15) is 53.4 Å². The molecular weight excluding hydrogens is 148 g/mol. The molecule has 0 aliphatic heterocycles. The highest BCUT2D eigenvalue weighted by Crippen LogP contribution is 2.20. The fraction of sp³-hybridized carbons (Fsp3) is 0.909. The molecule has 0 bridgehead atoms. The molecule has 0 heterocycles. The largest absolute Gasteiger partial charge is 0.300 e. The van der Waals surface area contributed by atoms with Crippen LogP contribution < -0.4 is 0 Å². The van der Waals surface area contributed by atoms with Gasteiger partial charge in [-0.15, -0.1) is 0 Å². The standard InChI is InChI=1S/C11H22O/c1-5-11(6-2)8-9(3)7-10(4)12/h9,11H,5-8H2,1-4H3. The van der Waals surface area contributed by atoms with Crippen LogP contribution in [0, 0.1) is 11.8 Å². The van der Waals surface area contributed by atoms with Gasteiger partial charge in [0, 0.05) is 6.42 Å². The van der Waals surface area contributed by atoms with Crippen molar-refractivity contribution in [1.82, 2.24) is 0 Å². The summed E-state index contributed by atoms with van der Waals surface area (Å²) in [6.45, 7) is 8.33. The van der Waals surface area contributed by atoms with Crippen LogP contribution in [0.4, 0.5) is 0 Å². The lowest BCUT2D eigenvalue weighted by atomic mass is 9.89. The Hall–Kier alpha value is -0.330. The Morgan fingerprint density at radius 2 is 1.75 bits per heavy atom. The van der Waals surface area contributed by atoms with E-state index in [0.29, 0.717) is 11.7 Å². The van der Waals surface area contributed by atoms with E-state index >= 15 is 0 Å². The molecule has 1 nitrogen and oxygen atoms in total. The van der Waals surface area contributed by atoms with Gasteiger partial charge in [0.1, 0.15) is 5.78 Å². The van der Waals surface area contributed by atoms with Gasteiger partial charge in [0.05, 0.1) is 0 Å². The zero-order chi connectivity index (χ0) is 9.56. The van der Waals surface area contributed by atoms with Crippen molar-refractivity contribution in [2.24, 2.45) is 11.8 Å². The molecule has 0 fully saturated rings. The number of ketones is 1. The van der Waals surface area contributed by atoms with Gasteiger partial charge in [-0.05, 0) is 25.2 Å². The van der Waals surface area contributed by atoms with Gasteiger partial charge in [-0.2, -0.15) is 0 Å². The first-order valence-corrected chi connectivity index (χ1v) is 5.09. The summed E-state index contributed by atoms with van der Waals surface area (Å²) < 4.78 is 0. The summed E-state index contributed by atoms with van der Waals surface area (Å²) in [4.78, 5) is 10.8. The summed E-state index contributed by atoms with van der Waals surface area (Å²) in [6, 6.07) is 0. The fourth-order valence-corrected chi connectivity index (χ4v) is 1.77. The van der Waals surface area contributed by atoms with E-state index in [-0.39, 0.29) is 0 Å². The van der Waals surface area contributed by atoms with E-state index in [1.165, 1.54) is 19.3 Å². The normalized spacial score (nSPS) is 13.4. The minimum absolute atomic E-state index is 0.327.